The number of hydrogen-bond donors (Lipinski definition) is 2. The van der Waals surface area contributed by atoms with Crippen LogP contribution in [0.5, 0.6) is 0 Å². The Labute approximate surface area is 123 Å². The van der Waals surface area contributed by atoms with Crippen LogP contribution < -0.4 is 4.72 Å². The van der Waals surface area contributed by atoms with Gasteiger partial charge in [-0.2, -0.15) is 18.0 Å². The Morgan fingerprint density at radius 3 is 2.90 bits per heavy atom. The second-order valence-electron chi connectivity index (χ2n) is 4.84. The predicted octanol–water partition coefficient (Wildman–Crippen LogP) is 1.01. The van der Waals surface area contributed by atoms with Crippen molar-refractivity contribution >= 4 is 21.9 Å². The van der Waals surface area contributed by atoms with E-state index < -0.39 is 22.1 Å². The van der Waals surface area contributed by atoms with Crippen molar-refractivity contribution in [2.45, 2.75) is 12.8 Å². The molecule has 0 bridgehead atoms. The van der Waals surface area contributed by atoms with Gasteiger partial charge >= 0.3 is 16.2 Å². The lowest BCUT2D eigenvalue weighted by Crippen LogP contribution is -2.44. The Kier molecular flexibility index (Phi) is 4.45. The molecule has 1 unspecified atom stereocenters. The average Bonchev–Trinajstić information content (AvgIpc) is 2.47. The number of carboxylic acids is 1. The summed E-state index contributed by atoms with van der Waals surface area (Å²) in [6.45, 7) is 0.250. The van der Waals surface area contributed by atoms with E-state index in [1.807, 2.05) is 6.07 Å². The van der Waals surface area contributed by atoms with Gasteiger partial charge in [0.2, 0.25) is 0 Å². The zero-order valence-electron chi connectivity index (χ0n) is 11.2. The summed E-state index contributed by atoms with van der Waals surface area (Å²) >= 11 is 0. The fourth-order valence-electron chi connectivity index (χ4n) is 2.23. The molecule has 1 atom stereocenters. The molecule has 7 nitrogen and oxygen atoms in total. The molecule has 8 heteroatoms. The molecule has 2 rings (SSSR count). The molecule has 112 valence electrons. The highest BCUT2D eigenvalue weighted by Gasteiger charge is 2.32. The quantitative estimate of drug-likeness (QED) is 0.862. The van der Waals surface area contributed by atoms with E-state index in [4.69, 9.17) is 10.4 Å². The first kappa shape index (κ1) is 15.3. The predicted molar refractivity (Wildman–Crippen MR) is 75.6 cm³/mol. The van der Waals surface area contributed by atoms with Crippen molar-refractivity contribution < 1.29 is 18.3 Å². The first-order valence-corrected chi connectivity index (χ1v) is 7.87. The van der Waals surface area contributed by atoms with Gasteiger partial charge in [-0.3, -0.25) is 9.52 Å². The Balaban J connectivity index is 2.14. The van der Waals surface area contributed by atoms with Gasteiger partial charge in [0, 0.05) is 13.1 Å². The van der Waals surface area contributed by atoms with Crippen LogP contribution >= 0.6 is 0 Å². The normalized spacial score (nSPS) is 19.7. The molecule has 1 saturated heterocycles. The summed E-state index contributed by atoms with van der Waals surface area (Å²) in [6, 6.07) is 8.04. The molecule has 0 spiro atoms. The minimum atomic E-state index is -3.82. The van der Waals surface area contributed by atoms with Crippen molar-refractivity contribution in [3.63, 3.8) is 0 Å². The van der Waals surface area contributed by atoms with Crippen LogP contribution in [0, 0.1) is 17.2 Å². The third-order valence-corrected chi connectivity index (χ3v) is 4.82. The van der Waals surface area contributed by atoms with E-state index in [0.29, 0.717) is 18.4 Å². The minimum Gasteiger partial charge on any atom is -0.481 e. The maximum atomic E-state index is 12.3. The molecule has 21 heavy (non-hydrogen) atoms. The lowest BCUT2D eigenvalue weighted by molar-refractivity contribution is -0.142. The average molecular weight is 309 g/mol. The fraction of sp³-hybridized carbons (Fsp3) is 0.385. The number of carbonyl (C=O) groups is 1. The van der Waals surface area contributed by atoms with Crippen molar-refractivity contribution in [1.29, 1.82) is 5.26 Å². The highest BCUT2D eigenvalue weighted by molar-refractivity contribution is 7.90. The Morgan fingerprint density at radius 2 is 2.24 bits per heavy atom. The van der Waals surface area contributed by atoms with E-state index in [1.165, 1.54) is 12.1 Å². The summed E-state index contributed by atoms with van der Waals surface area (Å²) in [4.78, 5) is 11.0. The molecule has 1 aliphatic heterocycles. The molecule has 0 radical (unpaired) electrons. The molecule has 0 saturated carbocycles. The highest BCUT2D eigenvalue weighted by Crippen LogP contribution is 2.21. The van der Waals surface area contributed by atoms with E-state index in [1.54, 1.807) is 12.1 Å². The number of aliphatic carboxylic acids is 1. The maximum Gasteiger partial charge on any atom is 0.307 e. The van der Waals surface area contributed by atoms with Gasteiger partial charge in [-0.15, -0.1) is 0 Å². The van der Waals surface area contributed by atoms with Gasteiger partial charge < -0.3 is 5.11 Å². The third-order valence-electron chi connectivity index (χ3n) is 3.31. The standard InChI is InChI=1S/C13H15N3O4S/c14-8-10-3-1-5-12(7-10)15-21(19,20)16-6-2-4-11(9-16)13(17)18/h1,3,5,7,11,15H,2,4,6,9H2,(H,17,18). The monoisotopic (exact) mass is 309 g/mol. The lowest BCUT2D eigenvalue weighted by atomic mass is 10.0. The number of nitrogens with zero attached hydrogens (tertiary/aromatic N) is 2. The second kappa shape index (κ2) is 6.11. The molecule has 0 aliphatic carbocycles. The number of benzene rings is 1. The molecule has 1 heterocycles. The van der Waals surface area contributed by atoms with Crippen molar-refractivity contribution in [3.8, 4) is 6.07 Å². The van der Waals surface area contributed by atoms with Gasteiger partial charge in [-0.1, -0.05) is 6.07 Å². The summed E-state index contributed by atoms with van der Waals surface area (Å²) in [5, 5.41) is 17.8. The van der Waals surface area contributed by atoms with E-state index in [0.717, 1.165) is 4.31 Å². The summed E-state index contributed by atoms with van der Waals surface area (Å²) in [7, 11) is -3.82. The third kappa shape index (κ3) is 3.71. The van der Waals surface area contributed by atoms with Gasteiger partial charge in [0.1, 0.15) is 0 Å². The van der Waals surface area contributed by atoms with Crippen molar-refractivity contribution in [2.75, 3.05) is 17.8 Å². The molecule has 0 aromatic heterocycles. The van der Waals surface area contributed by atoms with Crippen molar-refractivity contribution in [3.05, 3.63) is 29.8 Å². The lowest BCUT2D eigenvalue weighted by Gasteiger charge is -2.29. The topological polar surface area (TPSA) is 111 Å². The van der Waals surface area contributed by atoms with Gasteiger partial charge in [-0.05, 0) is 31.0 Å². The van der Waals surface area contributed by atoms with E-state index >= 15 is 0 Å². The highest BCUT2D eigenvalue weighted by atomic mass is 32.2. The smallest absolute Gasteiger partial charge is 0.307 e. The Hall–Kier alpha value is -2.11. The molecule has 1 aromatic rings. The van der Waals surface area contributed by atoms with Crippen LogP contribution in [-0.4, -0.2) is 36.9 Å². The van der Waals surface area contributed by atoms with Crippen LogP contribution in [0.25, 0.3) is 0 Å². The number of hydrogen-bond acceptors (Lipinski definition) is 4. The van der Waals surface area contributed by atoms with Crippen molar-refractivity contribution in [1.82, 2.24) is 4.31 Å². The van der Waals surface area contributed by atoms with Gasteiger partial charge in [0.25, 0.3) is 0 Å². The van der Waals surface area contributed by atoms with Crippen LogP contribution in [-0.2, 0) is 15.0 Å². The zero-order valence-corrected chi connectivity index (χ0v) is 12.0. The van der Waals surface area contributed by atoms with Crippen LogP contribution in [0.3, 0.4) is 0 Å². The van der Waals surface area contributed by atoms with Crippen LogP contribution in [0.2, 0.25) is 0 Å². The Morgan fingerprint density at radius 1 is 1.48 bits per heavy atom. The number of nitriles is 1. The fourth-order valence-corrected chi connectivity index (χ4v) is 3.53. The van der Waals surface area contributed by atoms with Crippen molar-refractivity contribution in [2.24, 2.45) is 5.92 Å². The first-order valence-electron chi connectivity index (χ1n) is 6.43. The van der Waals surface area contributed by atoms with Crippen LogP contribution in [0.1, 0.15) is 18.4 Å². The van der Waals surface area contributed by atoms with Gasteiger partial charge in [-0.25, -0.2) is 0 Å². The van der Waals surface area contributed by atoms with E-state index in [9.17, 15) is 13.2 Å². The molecule has 1 aromatic carbocycles. The molecule has 1 aliphatic rings. The first-order chi connectivity index (χ1) is 9.92. The molecular weight excluding hydrogens is 294 g/mol. The number of anilines is 1. The summed E-state index contributed by atoms with van der Waals surface area (Å²) in [6.07, 6.45) is 0.987. The SMILES string of the molecule is N#Cc1cccc(NS(=O)(=O)N2CCCC(C(=O)O)C2)c1. The maximum absolute atomic E-state index is 12.3. The van der Waals surface area contributed by atoms with Gasteiger partial charge in [0.05, 0.1) is 23.2 Å². The minimum absolute atomic E-state index is 0.0391. The molecular formula is C13H15N3O4S. The number of nitrogens with one attached hydrogen (secondary N) is 1. The molecule has 0 amide bonds. The number of rotatable bonds is 4. The summed E-state index contributed by atoms with van der Waals surface area (Å²) < 4.78 is 28.0. The van der Waals surface area contributed by atoms with E-state index in [2.05, 4.69) is 4.72 Å². The number of carboxylic acid groups (broad SMARTS) is 1. The largest absolute Gasteiger partial charge is 0.481 e. The molecule has 2 N–H and O–H groups in total. The Bertz CT molecular complexity index is 681. The summed E-state index contributed by atoms with van der Waals surface area (Å²) in [5.41, 5.74) is 0.628. The molecule has 1 fully saturated rings. The number of piperidine rings is 1. The summed E-state index contributed by atoms with van der Waals surface area (Å²) in [5.74, 6) is -1.66. The zero-order chi connectivity index (χ0) is 15.5. The second-order valence-corrected chi connectivity index (χ2v) is 6.51. The van der Waals surface area contributed by atoms with E-state index in [-0.39, 0.29) is 18.8 Å². The van der Waals surface area contributed by atoms with Crippen LogP contribution in [0.15, 0.2) is 24.3 Å². The van der Waals surface area contributed by atoms with Gasteiger partial charge in [0.15, 0.2) is 0 Å². The van der Waals surface area contributed by atoms with Crippen LogP contribution in [0.4, 0.5) is 5.69 Å².